The smallest absolute Gasteiger partial charge is 0.243 e. The molecular formula is C11H6Cl3N3OS. The second kappa shape index (κ2) is 5.43. The molecule has 0 atom stereocenters. The van der Waals surface area contributed by atoms with Crippen LogP contribution in [0.3, 0.4) is 0 Å². The molecule has 0 bridgehead atoms. The van der Waals surface area contributed by atoms with Crippen LogP contribution in [0.25, 0.3) is 0 Å². The summed E-state index contributed by atoms with van der Waals surface area (Å²) >= 11 is 18.6. The lowest BCUT2D eigenvalue weighted by Crippen LogP contribution is -2.04. The van der Waals surface area contributed by atoms with Gasteiger partial charge in [0.05, 0.1) is 0 Å². The van der Waals surface area contributed by atoms with Crippen molar-refractivity contribution in [1.82, 2.24) is 4.37 Å². The summed E-state index contributed by atoms with van der Waals surface area (Å²) in [7, 11) is 0. The molecule has 0 fully saturated rings. The third-order valence-electron chi connectivity index (χ3n) is 2.27. The van der Waals surface area contributed by atoms with E-state index in [0.29, 0.717) is 16.3 Å². The molecule has 2 rings (SSSR count). The highest BCUT2D eigenvalue weighted by Gasteiger charge is 2.26. The Kier molecular flexibility index (Phi) is 4.07. The highest BCUT2D eigenvalue weighted by atomic mass is 35.6. The molecule has 0 saturated carbocycles. The van der Waals surface area contributed by atoms with Crippen LogP contribution in [0, 0.1) is 11.3 Å². The first kappa shape index (κ1) is 14.2. The van der Waals surface area contributed by atoms with E-state index in [-0.39, 0.29) is 11.4 Å². The van der Waals surface area contributed by atoms with E-state index in [4.69, 9.17) is 40.1 Å². The summed E-state index contributed by atoms with van der Waals surface area (Å²) in [5, 5.41) is 21.7. The van der Waals surface area contributed by atoms with E-state index < -0.39 is 3.79 Å². The number of nitriles is 1. The van der Waals surface area contributed by atoms with Crippen LogP contribution in [0.2, 0.25) is 0 Å². The Morgan fingerprint density at radius 2 is 2.00 bits per heavy atom. The van der Waals surface area contributed by atoms with Crippen molar-refractivity contribution in [3.05, 3.63) is 35.4 Å². The average molecular weight is 335 g/mol. The zero-order chi connectivity index (χ0) is 14.0. The molecule has 2 N–H and O–H groups in total. The molecule has 0 saturated heterocycles. The molecule has 1 aromatic carbocycles. The lowest BCUT2D eigenvalue weighted by Gasteiger charge is -2.16. The SMILES string of the molecule is N#Cc1c(O)nsc1Nc1ccccc1C(Cl)(Cl)Cl. The highest BCUT2D eigenvalue weighted by Crippen LogP contribution is 2.43. The summed E-state index contributed by atoms with van der Waals surface area (Å²) < 4.78 is 2.09. The maximum atomic E-state index is 9.40. The molecule has 1 aromatic heterocycles. The van der Waals surface area contributed by atoms with E-state index in [9.17, 15) is 5.11 Å². The van der Waals surface area contributed by atoms with Crippen LogP contribution < -0.4 is 5.32 Å². The highest BCUT2D eigenvalue weighted by molar-refractivity contribution is 7.10. The van der Waals surface area contributed by atoms with Crippen LogP contribution in [0.5, 0.6) is 5.88 Å². The van der Waals surface area contributed by atoms with E-state index in [1.807, 2.05) is 6.07 Å². The van der Waals surface area contributed by atoms with Gasteiger partial charge >= 0.3 is 0 Å². The van der Waals surface area contributed by atoms with Crippen molar-refractivity contribution in [1.29, 1.82) is 5.26 Å². The van der Waals surface area contributed by atoms with Gasteiger partial charge in [-0.3, -0.25) is 0 Å². The van der Waals surface area contributed by atoms with Crippen LogP contribution in [0.15, 0.2) is 24.3 Å². The van der Waals surface area contributed by atoms with Gasteiger partial charge in [0.2, 0.25) is 9.67 Å². The number of alkyl halides is 3. The van der Waals surface area contributed by atoms with Crippen molar-refractivity contribution in [2.24, 2.45) is 0 Å². The molecule has 0 amide bonds. The number of halogens is 3. The molecule has 1 heterocycles. The monoisotopic (exact) mass is 333 g/mol. The molecule has 0 unspecified atom stereocenters. The summed E-state index contributed by atoms with van der Waals surface area (Å²) in [6.07, 6.45) is 0. The Labute approximate surface area is 128 Å². The van der Waals surface area contributed by atoms with Gasteiger partial charge in [0.1, 0.15) is 11.1 Å². The predicted octanol–water partition coefficient (Wildman–Crippen LogP) is 4.29. The number of aromatic nitrogens is 1. The van der Waals surface area contributed by atoms with Gasteiger partial charge < -0.3 is 10.4 Å². The third kappa shape index (κ3) is 3.04. The Hall–Kier alpha value is -1.19. The molecule has 0 aliphatic heterocycles. The fraction of sp³-hybridized carbons (Fsp3) is 0.0909. The van der Waals surface area contributed by atoms with Crippen LogP contribution in [0.4, 0.5) is 10.7 Å². The number of benzene rings is 1. The van der Waals surface area contributed by atoms with Crippen molar-refractivity contribution in [2.45, 2.75) is 3.79 Å². The number of anilines is 2. The van der Waals surface area contributed by atoms with E-state index in [2.05, 4.69) is 9.69 Å². The van der Waals surface area contributed by atoms with Gasteiger partial charge in [0, 0.05) is 11.3 Å². The predicted molar refractivity (Wildman–Crippen MR) is 77.5 cm³/mol. The van der Waals surface area contributed by atoms with Crippen LogP contribution in [-0.4, -0.2) is 9.48 Å². The van der Waals surface area contributed by atoms with Gasteiger partial charge in [-0.2, -0.15) is 9.64 Å². The number of hydrogen-bond acceptors (Lipinski definition) is 5. The van der Waals surface area contributed by atoms with Gasteiger partial charge in [0.15, 0.2) is 5.56 Å². The van der Waals surface area contributed by atoms with E-state index >= 15 is 0 Å². The zero-order valence-electron chi connectivity index (χ0n) is 9.19. The first-order chi connectivity index (χ1) is 8.93. The summed E-state index contributed by atoms with van der Waals surface area (Å²) in [5.41, 5.74) is 1.03. The number of nitrogens with one attached hydrogen (secondary N) is 1. The first-order valence-electron chi connectivity index (χ1n) is 4.95. The van der Waals surface area contributed by atoms with Gasteiger partial charge in [-0.15, -0.1) is 0 Å². The fourth-order valence-electron chi connectivity index (χ4n) is 1.43. The molecular weight excluding hydrogens is 329 g/mol. The topological polar surface area (TPSA) is 68.9 Å². The van der Waals surface area contributed by atoms with Crippen molar-refractivity contribution in [3.8, 4) is 11.9 Å². The molecule has 0 aliphatic carbocycles. The summed E-state index contributed by atoms with van der Waals surface area (Å²) in [5.74, 6) is -0.318. The fourth-order valence-corrected chi connectivity index (χ4v) is 2.58. The Morgan fingerprint density at radius 1 is 1.32 bits per heavy atom. The van der Waals surface area contributed by atoms with Crippen molar-refractivity contribution in [3.63, 3.8) is 0 Å². The van der Waals surface area contributed by atoms with Crippen LogP contribution in [0.1, 0.15) is 11.1 Å². The quantitative estimate of drug-likeness (QED) is 0.804. The van der Waals surface area contributed by atoms with E-state index in [1.165, 1.54) is 0 Å². The Balaban J connectivity index is 2.42. The van der Waals surface area contributed by atoms with Crippen molar-refractivity contribution >= 4 is 57.0 Å². The van der Waals surface area contributed by atoms with Gasteiger partial charge in [0.25, 0.3) is 0 Å². The van der Waals surface area contributed by atoms with Crippen molar-refractivity contribution < 1.29 is 5.11 Å². The number of para-hydroxylation sites is 1. The number of hydrogen-bond donors (Lipinski definition) is 2. The second-order valence-corrected chi connectivity index (χ2v) is 6.55. The molecule has 98 valence electrons. The maximum Gasteiger partial charge on any atom is 0.243 e. The molecule has 0 aliphatic rings. The molecule has 4 nitrogen and oxygen atoms in total. The minimum Gasteiger partial charge on any atom is -0.492 e. The van der Waals surface area contributed by atoms with Crippen LogP contribution in [-0.2, 0) is 3.79 Å². The summed E-state index contributed by atoms with van der Waals surface area (Å²) in [4.78, 5) is 0. The standard InChI is InChI=1S/C11H6Cl3N3OS/c12-11(13,14)7-3-1-2-4-8(7)16-10-6(5-15)9(18)17-19-10/h1-4,16H,(H,17,18). The minimum absolute atomic E-state index is 0.0594. The lowest BCUT2D eigenvalue weighted by molar-refractivity contribution is 0.458. The van der Waals surface area contributed by atoms with Gasteiger partial charge in [-0.1, -0.05) is 53.0 Å². The largest absolute Gasteiger partial charge is 0.492 e. The molecule has 19 heavy (non-hydrogen) atoms. The molecule has 8 heteroatoms. The lowest BCUT2D eigenvalue weighted by atomic mass is 10.2. The molecule has 0 radical (unpaired) electrons. The second-order valence-electron chi connectivity index (χ2n) is 3.49. The normalized spacial score (nSPS) is 11.1. The number of aromatic hydroxyl groups is 1. The first-order valence-corrected chi connectivity index (χ1v) is 6.86. The van der Waals surface area contributed by atoms with Crippen molar-refractivity contribution in [2.75, 3.05) is 5.32 Å². The maximum absolute atomic E-state index is 9.40. The number of rotatable bonds is 2. The third-order valence-corrected chi connectivity index (χ3v) is 3.63. The zero-order valence-corrected chi connectivity index (χ0v) is 12.3. The average Bonchev–Trinajstić information content (AvgIpc) is 2.69. The summed E-state index contributed by atoms with van der Waals surface area (Å²) in [6, 6.07) is 8.71. The molecule has 0 spiro atoms. The van der Waals surface area contributed by atoms with Gasteiger partial charge in [-0.05, 0) is 17.6 Å². The van der Waals surface area contributed by atoms with Gasteiger partial charge in [-0.25, -0.2) is 0 Å². The number of nitrogens with zero attached hydrogens (tertiary/aromatic N) is 2. The Bertz CT molecular complexity index is 645. The molecule has 2 aromatic rings. The Morgan fingerprint density at radius 3 is 2.63 bits per heavy atom. The van der Waals surface area contributed by atoms with E-state index in [1.54, 1.807) is 24.3 Å². The van der Waals surface area contributed by atoms with E-state index in [0.717, 1.165) is 11.5 Å². The van der Waals surface area contributed by atoms with Crippen LogP contribution >= 0.6 is 46.3 Å². The minimum atomic E-state index is -1.59. The summed E-state index contributed by atoms with van der Waals surface area (Å²) in [6.45, 7) is 0.